The zero-order valence-corrected chi connectivity index (χ0v) is 12.8. The van der Waals surface area contributed by atoms with Crippen molar-refractivity contribution in [3.8, 4) is 0 Å². The Morgan fingerprint density at radius 3 is 2.89 bits per heavy atom. The van der Waals surface area contributed by atoms with Crippen LogP contribution in [0, 0.1) is 0 Å². The summed E-state index contributed by atoms with van der Waals surface area (Å²) in [5.74, 6) is 1.51. The summed E-state index contributed by atoms with van der Waals surface area (Å²) in [7, 11) is 0. The van der Waals surface area contributed by atoms with E-state index in [-0.39, 0.29) is 0 Å². The molecule has 0 amide bonds. The number of hydrogen-bond donors (Lipinski definition) is 1. The van der Waals surface area contributed by atoms with E-state index in [1.54, 1.807) is 0 Å². The van der Waals surface area contributed by atoms with Crippen LogP contribution in [-0.4, -0.2) is 11.5 Å². The van der Waals surface area contributed by atoms with E-state index in [0.717, 1.165) is 27.7 Å². The van der Waals surface area contributed by atoms with Gasteiger partial charge >= 0.3 is 0 Å². The smallest absolute Gasteiger partial charge is 0.140 e. The Morgan fingerprint density at radius 1 is 1.28 bits per heavy atom. The molecule has 18 heavy (non-hydrogen) atoms. The minimum absolute atomic E-state index is 0.610. The van der Waals surface area contributed by atoms with Gasteiger partial charge in [-0.1, -0.05) is 24.3 Å². The maximum Gasteiger partial charge on any atom is 0.140 e. The zero-order valence-electron chi connectivity index (χ0n) is 9.66. The van der Waals surface area contributed by atoms with Gasteiger partial charge in [0.05, 0.1) is 4.47 Å². The zero-order chi connectivity index (χ0) is 12.5. The van der Waals surface area contributed by atoms with Crippen LogP contribution in [0.3, 0.4) is 0 Å². The minimum atomic E-state index is 0.610. The molecule has 0 bridgehead atoms. The van der Waals surface area contributed by atoms with Crippen LogP contribution in [0.1, 0.15) is 17.0 Å². The van der Waals surface area contributed by atoms with E-state index in [9.17, 15) is 0 Å². The van der Waals surface area contributed by atoms with E-state index in [0.29, 0.717) is 5.92 Å². The first-order valence-electron chi connectivity index (χ1n) is 5.87. The van der Waals surface area contributed by atoms with Gasteiger partial charge in [-0.05, 0) is 55.5 Å². The third-order valence-electron chi connectivity index (χ3n) is 3.28. The van der Waals surface area contributed by atoms with Gasteiger partial charge in [0.15, 0.2) is 0 Å². The molecule has 1 aliphatic carbocycles. The molecule has 3 rings (SSSR count). The van der Waals surface area contributed by atoms with Crippen molar-refractivity contribution < 1.29 is 0 Å². The fraction of sp³-hybridized carbons (Fsp3) is 0.214. The van der Waals surface area contributed by atoms with Gasteiger partial charge in [0.2, 0.25) is 0 Å². The van der Waals surface area contributed by atoms with Gasteiger partial charge in [-0.3, -0.25) is 0 Å². The molecule has 0 saturated carbocycles. The molecular weight excluding hydrogens is 356 g/mol. The Labute approximate surface area is 123 Å². The Morgan fingerprint density at radius 2 is 2.11 bits per heavy atom. The lowest BCUT2D eigenvalue weighted by atomic mass is 9.77. The Kier molecular flexibility index (Phi) is 3.39. The number of fused-ring (bicyclic) bond motifs is 1. The second kappa shape index (κ2) is 5.02. The lowest BCUT2D eigenvalue weighted by Crippen LogP contribution is -2.24. The fourth-order valence-corrected chi connectivity index (χ4v) is 3.44. The van der Waals surface area contributed by atoms with E-state index in [4.69, 9.17) is 0 Å². The first-order chi connectivity index (χ1) is 8.74. The van der Waals surface area contributed by atoms with Crippen molar-refractivity contribution in [1.82, 2.24) is 4.98 Å². The normalized spacial score (nSPS) is 16.9. The average Bonchev–Trinajstić information content (AvgIpc) is 2.33. The van der Waals surface area contributed by atoms with Crippen molar-refractivity contribution in [3.05, 3.63) is 56.6 Å². The van der Waals surface area contributed by atoms with Gasteiger partial charge in [-0.15, -0.1) is 0 Å². The first kappa shape index (κ1) is 12.2. The summed E-state index contributed by atoms with van der Waals surface area (Å²) >= 11 is 6.92. The summed E-state index contributed by atoms with van der Waals surface area (Å²) in [6.45, 7) is 0.935. The Balaban J connectivity index is 1.66. The predicted octanol–water partition coefficient (Wildman–Crippen LogP) is 4.36. The fourth-order valence-electron chi connectivity index (χ4n) is 2.31. The summed E-state index contributed by atoms with van der Waals surface area (Å²) in [4.78, 5) is 4.36. The number of nitrogens with one attached hydrogen (secondary N) is 1. The number of anilines is 1. The number of halogens is 2. The average molecular weight is 368 g/mol. The van der Waals surface area contributed by atoms with E-state index in [1.807, 2.05) is 12.3 Å². The SMILES string of the molecule is Brc1cnc(NCC2Cc3ccccc32)c(Br)c1. The maximum absolute atomic E-state index is 4.36. The molecule has 0 radical (unpaired) electrons. The third kappa shape index (κ3) is 2.31. The number of benzene rings is 1. The summed E-state index contributed by atoms with van der Waals surface area (Å²) in [6.07, 6.45) is 2.97. The molecule has 4 heteroatoms. The standard InChI is InChI=1S/C14H12Br2N2/c15-11-6-13(16)14(18-8-11)17-7-10-5-9-3-1-2-4-12(9)10/h1-4,6,8,10H,5,7H2,(H,17,18). The molecule has 0 saturated heterocycles. The Bertz CT molecular complexity index is 584. The van der Waals surface area contributed by atoms with Crippen LogP contribution >= 0.6 is 31.9 Å². The van der Waals surface area contributed by atoms with E-state index in [2.05, 4.69) is 66.4 Å². The monoisotopic (exact) mass is 366 g/mol. The lowest BCUT2D eigenvalue weighted by molar-refractivity contribution is 0.634. The van der Waals surface area contributed by atoms with Crippen molar-refractivity contribution in [3.63, 3.8) is 0 Å². The molecule has 0 fully saturated rings. The number of hydrogen-bond acceptors (Lipinski definition) is 2. The first-order valence-corrected chi connectivity index (χ1v) is 7.45. The molecule has 1 heterocycles. The van der Waals surface area contributed by atoms with Crippen LogP contribution in [0.25, 0.3) is 0 Å². The molecule has 1 aromatic carbocycles. The van der Waals surface area contributed by atoms with Gasteiger partial charge in [0.25, 0.3) is 0 Å². The molecule has 0 aliphatic heterocycles. The van der Waals surface area contributed by atoms with Crippen LogP contribution in [-0.2, 0) is 6.42 Å². The molecule has 92 valence electrons. The number of aromatic nitrogens is 1. The second-order valence-corrected chi connectivity index (χ2v) is 6.23. The molecule has 1 unspecified atom stereocenters. The van der Waals surface area contributed by atoms with E-state index < -0.39 is 0 Å². The molecule has 1 N–H and O–H groups in total. The quantitative estimate of drug-likeness (QED) is 0.871. The third-order valence-corrected chi connectivity index (χ3v) is 4.32. The number of rotatable bonds is 3. The summed E-state index contributed by atoms with van der Waals surface area (Å²) < 4.78 is 1.97. The molecular formula is C14H12Br2N2. The molecule has 1 aromatic heterocycles. The van der Waals surface area contributed by atoms with Crippen LogP contribution in [0.4, 0.5) is 5.82 Å². The van der Waals surface area contributed by atoms with Gasteiger partial charge < -0.3 is 5.32 Å². The minimum Gasteiger partial charge on any atom is -0.369 e. The van der Waals surface area contributed by atoms with Gasteiger partial charge in [0, 0.05) is 23.1 Å². The van der Waals surface area contributed by atoms with Crippen molar-refractivity contribution in [1.29, 1.82) is 0 Å². The van der Waals surface area contributed by atoms with Crippen LogP contribution in [0.2, 0.25) is 0 Å². The Hall–Kier alpha value is -0.870. The van der Waals surface area contributed by atoms with Crippen molar-refractivity contribution in [2.75, 3.05) is 11.9 Å². The van der Waals surface area contributed by atoms with Gasteiger partial charge in [0.1, 0.15) is 5.82 Å². The largest absolute Gasteiger partial charge is 0.369 e. The summed E-state index contributed by atoms with van der Waals surface area (Å²) in [5, 5.41) is 3.40. The molecule has 1 atom stereocenters. The molecule has 0 spiro atoms. The molecule has 2 nitrogen and oxygen atoms in total. The number of nitrogens with zero attached hydrogens (tertiary/aromatic N) is 1. The van der Waals surface area contributed by atoms with Crippen LogP contribution in [0.5, 0.6) is 0 Å². The highest BCUT2D eigenvalue weighted by Gasteiger charge is 2.25. The van der Waals surface area contributed by atoms with Crippen molar-refractivity contribution in [2.24, 2.45) is 0 Å². The van der Waals surface area contributed by atoms with E-state index in [1.165, 1.54) is 11.1 Å². The van der Waals surface area contributed by atoms with Crippen molar-refractivity contribution in [2.45, 2.75) is 12.3 Å². The van der Waals surface area contributed by atoms with Crippen molar-refractivity contribution >= 4 is 37.7 Å². The summed E-state index contributed by atoms with van der Waals surface area (Å²) in [6, 6.07) is 10.6. The predicted molar refractivity (Wildman–Crippen MR) is 81.0 cm³/mol. The van der Waals surface area contributed by atoms with Gasteiger partial charge in [-0.25, -0.2) is 4.98 Å². The topological polar surface area (TPSA) is 24.9 Å². The van der Waals surface area contributed by atoms with E-state index >= 15 is 0 Å². The highest BCUT2D eigenvalue weighted by Crippen LogP contribution is 2.35. The van der Waals surface area contributed by atoms with Crippen LogP contribution < -0.4 is 5.32 Å². The molecule has 2 aromatic rings. The van der Waals surface area contributed by atoms with Crippen LogP contribution in [0.15, 0.2) is 45.5 Å². The highest BCUT2D eigenvalue weighted by molar-refractivity contribution is 9.11. The maximum atomic E-state index is 4.36. The number of pyridine rings is 1. The highest BCUT2D eigenvalue weighted by atomic mass is 79.9. The second-order valence-electron chi connectivity index (χ2n) is 4.46. The lowest BCUT2D eigenvalue weighted by Gasteiger charge is -2.30. The summed E-state index contributed by atoms with van der Waals surface area (Å²) in [5.41, 5.74) is 2.95. The van der Waals surface area contributed by atoms with Gasteiger partial charge in [-0.2, -0.15) is 0 Å². The molecule has 1 aliphatic rings.